The number of ether oxygens (including phenoxy) is 2. The molecule has 2 aromatic rings. The van der Waals surface area contributed by atoms with Crippen LogP contribution in [0.1, 0.15) is 84.3 Å². The number of carbonyl (C=O) groups is 2. The largest absolute Gasteiger partial charge is 0.490 e. The van der Waals surface area contributed by atoms with Crippen LogP contribution in [0.2, 0.25) is 0 Å². The van der Waals surface area contributed by atoms with Gasteiger partial charge >= 0.3 is 0 Å². The lowest BCUT2D eigenvalue weighted by molar-refractivity contribution is -0.119. The van der Waals surface area contributed by atoms with Gasteiger partial charge in [-0.25, -0.2) is 0 Å². The van der Waals surface area contributed by atoms with Crippen molar-refractivity contribution in [2.75, 3.05) is 13.2 Å². The van der Waals surface area contributed by atoms with Gasteiger partial charge in [0.15, 0.2) is 23.1 Å². The van der Waals surface area contributed by atoms with E-state index in [4.69, 9.17) is 9.47 Å². The second kappa shape index (κ2) is 11.5. The zero-order valence-electron chi connectivity index (χ0n) is 24.8. The first-order valence-corrected chi connectivity index (χ1v) is 16.4. The Labute approximate surface area is 266 Å². The van der Waals surface area contributed by atoms with Crippen LogP contribution in [-0.2, 0) is 16.2 Å². The summed E-state index contributed by atoms with van der Waals surface area (Å²) in [7, 11) is 0. The van der Waals surface area contributed by atoms with Gasteiger partial charge in [0.05, 0.1) is 10.2 Å². The fourth-order valence-electron chi connectivity index (χ4n) is 6.69. The van der Waals surface area contributed by atoms with Gasteiger partial charge < -0.3 is 14.4 Å². The fourth-order valence-corrected chi connectivity index (χ4v) is 7.87. The second-order valence-electron chi connectivity index (χ2n) is 12.9. The predicted molar refractivity (Wildman–Crippen MR) is 174 cm³/mol. The van der Waals surface area contributed by atoms with Gasteiger partial charge in [0.1, 0.15) is 6.61 Å². The third-order valence-corrected chi connectivity index (χ3v) is 9.91. The van der Waals surface area contributed by atoms with Crippen LogP contribution in [0.15, 0.2) is 63.4 Å². The van der Waals surface area contributed by atoms with Crippen LogP contribution in [0.3, 0.4) is 0 Å². The van der Waals surface area contributed by atoms with Crippen LogP contribution in [-0.4, -0.2) is 29.6 Å². The molecule has 0 N–H and O–H groups in total. The highest BCUT2D eigenvalue weighted by Gasteiger charge is 2.48. The number of halogens is 2. The van der Waals surface area contributed by atoms with Gasteiger partial charge in [0.25, 0.3) is 0 Å². The van der Waals surface area contributed by atoms with Crippen LogP contribution in [0.4, 0.5) is 0 Å². The number of hydrogen-bond donors (Lipinski definition) is 0. The maximum Gasteiger partial charge on any atom is 0.174 e. The van der Waals surface area contributed by atoms with E-state index in [0.29, 0.717) is 37.6 Å². The molecule has 0 spiro atoms. The van der Waals surface area contributed by atoms with Crippen molar-refractivity contribution >= 4 is 50.1 Å². The molecule has 0 atom stereocenters. The van der Waals surface area contributed by atoms with Crippen molar-refractivity contribution in [2.24, 2.45) is 10.8 Å². The molecule has 0 aromatic heterocycles. The Morgan fingerprint density at radius 3 is 2.02 bits per heavy atom. The molecular formula is C34H39BrINO4. The van der Waals surface area contributed by atoms with Crippen LogP contribution in [0.5, 0.6) is 11.5 Å². The van der Waals surface area contributed by atoms with Crippen molar-refractivity contribution in [1.82, 2.24) is 4.90 Å². The van der Waals surface area contributed by atoms with Gasteiger partial charge in [0, 0.05) is 57.9 Å². The number of rotatable bonds is 7. The van der Waals surface area contributed by atoms with Gasteiger partial charge in [-0.15, -0.1) is 0 Å². The molecule has 2 aromatic carbocycles. The van der Waals surface area contributed by atoms with Crippen LogP contribution in [0, 0.1) is 14.4 Å². The molecule has 7 heteroatoms. The predicted octanol–water partition coefficient (Wildman–Crippen LogP) is 8.74. The highest BCUT2D eigenvalue weighted by Crippen LogP contribution is 2.55. The molecule has 0 unspecified atom stereocenters. The number of carbonyl (C=O) groups excluding carboxylic acids is 2. The summed E-state index contributed by atoms with van der Waals surface area (Å²) in [5, 5.41) is 0. The van der Waals surface area contributed by atoms with Gasteiger partial charge in [-0.2, -0.15) is 0 Å². The minimum atomic E-state index is -0.403. The normalized spacial score (nSPS) is 20.2. The number of nitrogens with zero attached hydrogens (tertiary/aromatic N) is 1. The summed E-state index contributed by atoms with van der Waals surface area (Å²) < 4.78 is 14.4. The second-order valence-corrected chi connectivity index (χ2v) is 14.9. The average Bonchev–Trinajstić information content (AvgIpc) is 2.86. The Hall–Kier alpha value is -2.13. The molecule has 0 radical (unpaired) electrons. The zero-order chi connectivity index (χ0) is 29.7. The summed E-state index contributed by atoms with van der Waals surface area (Å²) in [5.74, 6) is 1.20. The Kier molecular flexibility index (Phi) is 8.52. The van der Waals surface area contributed by atoms with Crippen molar-refractivity contribution < 1.29 is 19.1 Å². The third-order valence-electron chi connectivity index (χ3n) is 8.33. The molecule has 5 nitrogen and oxygen atoms in total. The zero-order valence-corrected chi connectivity index (χ0v) is 28.6. The molecule has 3 aliphatic rings. The molecule has 0 saturated heterocycles. The van der Waals surface area contributed by atoms with Crippen LogP contribution < -0.4 is 9.47 Å². The number of ketones is 2. The highest BCUT2D eigenvalue weighted by atomic mass is 127. The van der Waals surface area contributed by atoms with Crippen molar-refractivity contribution in [3.63, 3.8) is 0 Å². The molecule has 5 rings (SSSR count). The van der Waals surface area contributed by atoms with Crippen molar-refractivity contribution in [2.45, 2.75) is 79.8 Å². The van der Waals surface area contributed by atoms with Crippen LogP contribution in [0.25, 0.3) is 0 Å². The minimum Gasteiger partial charge on any atom is -0.490 e. The lowest BCUT2D eigenvalue weighted by atomic mass is 9.63. The summed E-state index contributed by atoms with van der Waals surface area (Å²) >= 11 is 5.91. The van der Waals surface area contributed by atoms with E-state index in [-0.39, 0.29) is 22.4 Å². The Morgan fingerprint density at radius 2 is 1.49 bits per heavy atom. The summed E-state index contributed by atoms with van der Waals surface area (Å²) in [4.78, 5) is 30.2. The molecule has 2 aliphatic carbocycles. The lowest BCUT2D eigenvalue weighted by Gasteiger charge is -2.49. The Morgan fingerprint density at radius 1 is 0.902 bits per heavy atom. The van der Waals surface area contributed by atoms with E-state index in [1.165, 1.54) is 0 Å². The summed E-state index contributed by atoms with van der Waals surface area (Å²) in [6.07, 6.45) is 2.58. The molecule has 218 valence electrons. The smallest absolute Gasteiger partial charge is 0.174 e. The summed E-state index contributed by atoms with van der Waals surface area (Å²) in [6, 6.07) is 12.1. The molecule has 0 saturated carbocycles. The number of hydrogen-bond acceptors (Lipinski definition) is 5. The van der Waals surface area contributed by atoms with E-state index in [1.54, 1.807) is 0 Å². The average molecular weight is 732 g/mol. The van der Waals surface area contributed by atoms with E-state index < -0.39 is 5.92 Å². The minimum absolute atomic E-state index is 0.130. The molecule has 1 heterocycles. The van der Waals surface area contributed by atoms with Crippen molar-refractivity contribution in [3.05, 3.63) is 78.1 Å². The maximum atomic E-state index is 14.0. The molecule has 0 amide bonds. The van der Waals surface area contributed by atoms with E-state index in [0.717, 1.165) is 61.1 Å². The third kappa shape index (κ3) is 5.90. The van der Waals surface area contributed by atoms with Crippen molar-refractivity contribution in [1.29, 1.82) is 0 Å². The first-order chi connectivity index (χ1) is 19.4. The van der Waals surface area contributed by atoms with Crippen LogP contribution >= 0.6 is 38.5 Å². The SMILES string of the molecule is CCOc1cc(C2C3=C(CC(C)(C)CC3=O)N(CC)C3=C2C(=O)CC(C)(C)C3)cc(I)c1OCc1ccccc1Br. The molecular weight excluding hydrogens is 693 g/mol. The van der Waals surface area contributed by atoms with Gasteiger partial charge in [-0.1, -0.05) is 61.8 Å². The summed E-state index contributed by atoms with van der Waals surface area (Å²) in [6.45, 7) is 14.4. The standard InChI is InChI=1S/C34H39BrINO4/c1-7-37-24-15-33(3,4)17-26(38)30(24)29(31-25(37)16-34(5,6)18-27(31)39)21-13-23(36)32(28(14-21)40-8-2)41-19-20-11-9-10-12-22(20)35/h9-14,29H,7-8,15-19H2,1-6H3. The van der Waals surface area contributed by atoms with E-state index in [1.807, 2.05) is 37.3 Å². The number of Topliss-reactive ketones (excluding diaryl/α,β-unsaturated/α-hetero) is 2. The Bertz CT molecular complexity index is 1420. The first kappa shape index (κ1) is 30.3. The highest BCUT2D eigenvalue weighted by molar-refractivity contribution is 14.1. The van der Waals surface area contributed by atoms with E-state index in [2.05, 4.69) is 84.1 Å². The quantitative estimate of drug-likeness (QED) is 0.267. The van der Waals surface area contributed by atoms with E-state index >= 15 is 0 Å². The first-order valence-electron chi connectivity index (χ1n) is 14.5. The van der Waals surface area contributed by atoms with Gasteiger partial charge in [-0.05, 0) is 83.9 Å². The maximum absolute atomic E-state index is 14.0. The summed E-state index contributed by atoms with van der Waals surface area (Å²) in [5.41, 5.74) is 5.45. The monoisotopic (exact) mass is 731 g/mol. The molecule has 0 fully saturated rings. The van der Waals surface area contributed by atoms with Crippen molar-refractivity contribution in [3.8, 4) is 11.5 Å². The topological polar surface area (TPSA) is 55.8 Å². The number of allylic oxidation sites excluding steroid dienone is 4. The fraction of sp³-hybridized carbons (Fsp3) is 0.471. The van der Waals surface area contributed by atoms with E-state index in [9.17, 15) is 9.59 Å². The molecule has 1 aliphatic heterocycles. The molecule has 0 bridgehead atoms. The van der Waals surface area contributed by atoms with Gasteiger partial charge in [0.2, 0.25) is 0 Å². The lowest BCUT2D eigenvalue weighted by Crippen LogP contribution is -2.44. The Balaban J connectivity index is 1.67. The molecule has 41 heavy (non-hydrogen) atoms. The van der Waals surface area contributed by atoms with Gasteiger partial charge in [-0.3, -0.25) is 9.59 Å². The number of benzene rings is 2.